The molecule has 1 heterocycles. The fourth-order valence-corrected chi connectivity index (χ4v) is 2.57. The van der Waals surface area contributed by atoms with Crippen molar-refractivity contribution in [2.75, 3.05) is 11.9 Å². The highest BCUT2D eigenvalue weighted by Gasteiger charge is 2.38. The van der Waals surface area contributed by atoms with Crippen LogP contribution >= 0.6 is 23.2 Å². The number of carbonyl (C=O) groups excluding carboxylic acids is 3. The van der Waals surface area contributed by atoms with Crippen LogP contribution in [0.2, 0.25) is 10.0 Å². The van der Waals surface area contributed by atoms with E-state index in [0.29, 0.717) is 22.2 Å². The summed E-state index contributed by atoms with van der Waals surface area (Å²) in [7, 11) is 0. The molecule has 1 unspecified atom stereocenters. The molecule has 124 valence electrons. The molecular formula is C15H17Cl2N3O3. The molecule has 0 spiro atoms. The number of benzene rings is 1. The quantitative estimate of drug-likeness (QED) is 0.795. The first kappa shape index (κ1) is 17.6. The number of hydrogen-bond donors (Lipinski definition) is 2. The van der Waals surface area contributed by atoms with Gasteiger partial charge < -0.3 is 10.6 Å². The average Bonchev–Trinajstić information content (AvgIpc) is 2.70. The Hall–Kier alpha value is -1.79. The maximum atomic E-state index is 12.2. The third-order valence-electron chi connectivity index (χ3n) is 3.32. The Bertz CT molecular complexity index is 649. The van der Waals surface area contributed by atoms with Crippen LogP contribution in [0.1, 0.15) is 20.3 Å². The second-order valence-electron chi connectivity index (χ2n) is 5.73. The molecule has 1 aliphatic heterocycles. The summed E-state index contributed by atoms with van der Waals surface area (Å²) in [6.45, 7) is 3.57. The Morgan fingerprint density at radius 1 is 1.30 bits per heavy atom. The molecule has 1 fully saturated rings. The van der Waals surface area contributed by atoms with Gasteiger partial charge in [-0.25, -0.2) is 4.79 Å². The first-order valence-corrected chi connectivity index (χ1v) is 7.90. The largest absolute Gasteiger partial charge is 0.326 e. The van der Waals surface area contributed by atoms with Crippen LogP contribution in [0.15, 0.2) is 18.2 Å². The fourth-order valence-electron chi connectivity index (χ4n) is 2.28. The van der Waals surface area contributed by atoms with Gasteiger partial charge in [-0.2, -0.15) is 0 Å². The average molecular weight is 358 g/mol. The standard InChI is InChI=1S/C15H17Cl2N3O3/c1-8(2)5-12-14(22)20(15(23)19-12)7-13(21)18-9-3-4-10(16)11(17)6-9/h3-4,6,8,12H,5,7H2,1-2H3,(H,18,21)(H,19,23). The predicted octanol–water partition coefficient (Wildman–Crippen LogP) is 2.90. The molecule has 1 aromatic rings. The van der Waals surface area contributed by atoms with Crippen molar-refractivity contribution in [3.8, 4) is 0 Å². The van der Waals surface area contributed by atoms with Crippen molar-refractivity contribution in [2.45, 2.75) is 26.3 Å². The van der Waals surface area contributed by atoms with Crippen LogP contribution in [0.4, 0.5) is 10.5 Å². The minimum Gasteiger partial charge on any atom is -0.326 e. The highest BCUT2D eigenvalue weighted by molar-refractivity contribution is 6.42. The van der Waals surface area contributed by atoms with Gasteiger partial charge in [-0.1, -0.05) is 37.0 Å². The Labute approximate surface area is 144 Å². The minimum atomic E-state index is -0.569. The van der Waals surface area contributed by atoms with Crippen molar-refractivity contribution < 1.29 is 14.4 Å². The summed E-state index contributed by atoms with van der Waals surface area (Å²) in [5.41, 5.74) is 0.440. The monoisotopic (exact) mass is 357 g/mol. The van der Waals surface area contributed by atoms with Gasteiger partial charge in [-0.3, -0.25) is 14.5 Å². The summed E-state index contributed by atoms with van der Waals surface area (Å²) in [6.07, 6.45) is 0.537. The van der Waals surface area contributed by atoms with Gasteiger partial charge in [0.15, 0.2) is 0 Å². The lowest BCUT2D eigenvalue weighted by Crippen LogP contribution is -2.38. The number of nitrogens with one attached hydrogen (secondary N) is 2. The van der Waals surface area contributed by atoms with Crippen molar-refractivity contribution in [3.63, 3.8) is 0 Å². The molecule has 0 aromatic heterocycles. The molecule has 8 heteroatoms. The maximum Gasteiger partial charge on any atom is 0.325 e. The number of urea groups is 1. The van der Waals surface area contributed by atoms with Crippen molar-refractivity contribution in [3.05, 3.63) is 28.2 Å². The molecule has 0 bridgehead atoms. The Balaban J connectivity index is 1.98. The van der Waals surface area contributed by atoms with E-state index in [-0.39, 0.29) is 18.4 Å². The van der Waals surface area contributed by atoms with Gasteiger partial charge in [-0.05, 0) is 30.5 Å². The highest BCUT2D eigenvalue weighted by Crippen LogP contribution is 2.25. The van der Waals surface area contributed by atoms with Gasteiger partial charge in [0, 0.05) is 5.69 Å². The van der Waals surface area contributed by atoms with Gasteiger partial charge in [0.1, 0.15) is 12.6 Å². The number of carbonyl (C=O) groups is 3. The number of amides is 4. The fraction of sp³-hybridized carbons (Fsp3) is 0.400. The second kappa shape index (κ2) is 7.19. The smallest absolute Gasteiger partial charge is 0.325 e. The number of anilines is 1. The van der Waals surface area contributed by atoms with Crippen LogP contribution in [0.3, 0.4) is 0 Å². The van der Waals surface area contributed by atoms with E-state index in [1.165, 1.54) is 6.07 Å². The Morgan fingerprint density at radius 3 is 2.61 bits per heavy atom. The molecule has 0 saturated carbocycles. The molecule has 0 aliphatic carbocycles. The minimum absolute atomic E-state index is 0.259. The van der Waals surface area contributed by atoms with Crippen LogP contribution in [0, 0.1) is 5.92 Å². The summed E-state index contributed by atoms with van der Waals surface area (Å²) in [6, 6.07) is 3.51. The zero-order valence-electron chi connectivity index (χ0n) is 12.7. The van der Waals surface area contributed by atoms with E-state index in [4.69, 9.17) is 23.2 Å². The van der Waals surface area contributed by atoms with Gasteiger partial charge in [0.2, 0.25) is 5.91 Å². The predicted molar refractivity (Wildman–Crippen MR) is 88.6 cm³/mol. The SMILES string of the molecule is CC(C)CC1NC(=O)N(CC(=O)Nc2ccc(Cl)c(Cl)c2)C1=O. The van der Waals surface area contributed by atoms with Crippen LogP contribution in [-0.2, 0) is 9.59 Å². The lowest BCUT2D eigenvalue weighted by molar-refractivity contribution is -0.131. The number of rotatable bonds is 5. The Morgan fingerprint density at radius 2 is 2.00 bits per heavy atom. The molecule has 1 atom stereocenters. The number of nitrogens with zero attached hydrogens (tertiary/aromatic N) is 1. The Kier molecular flexibility index (Phi) is 5.49. The van der Waals surface area contributed by atoms with Crippen molar-refractivity contribution in [1.82, 2.24) is 10.2 Å². The summed E-state index contributed by atoms with van der Waals surface area (Å²) in [5, 5.41) is 5.84. The first-order chi connectivity index (χ1) is 10.8. The number of hydrogen-bond acceptors (Lipinski definition) is 3. The van der Waals surface area contributed by atoms with Crippen LogP contribution in [0.5, 0.6) is 0 Å². The van der Waals surface area contributed by atoms with E-state index >= 15 is 0 Å². The summed E-state index contributed by atoms with van der Waals surface area (Å²) >= 11 is 11.7. The van der Waals surface area contributed by atoms with E-state index in [1.54, 1.807) is 12.1 Å². The summed E-state index contributed by atoms with van der Waals surface area (Å²) in [4.78, 5) is 36.9. The highest BCUT2D eigenvalue weighted by atomic mass is 35.5. The zero-order valence-corrected chi connectivity index (χ0v) is 14.2. The van der Waals surface area contributed by atoms with E-state index < -0.39 is 18.0 Å². The second-order valence-corrected chi connectivity index (χ2v) is 6.55. The van der Waals surface area contributed by atoms with E-state index in [9.17, 15) is 14.4 Å². The first-order valence-electron chi connectivity index (χ1n) is 7.14. The van der Waals surface area contributed by atoms with E-state index in [0.717, 1.165) is 4.90 Å². The lowest BCUT2D eigenvalue weighted by atomic mass is 10.0. The molecular weight excluding hydrogens is 341 g/mol. The molecule has 1 aromatic carbocycles. The van der Waals surface area contributed by atoms with Gasteiger partial charge in [-0.15, -0.1) is 0 Å². The number of halogens is 2. The number of imide groups is 1. The van der Waals surface area contributed by atoms with Crippen molar-refractivity contribution in [1.29, 1.82) is 0 Å². The molecule has 1 aliphatic rings. The van der Waals surface area contributed by atoms with E-state index in [1.807, 2.05) is 13.8 Å². The summed E-state index contributed by atoms with van der Waals surface area (Å²) in [5.74, 6) is -0.612. The van der Waals surface area contributed by atoms with E-state index in [2.05, 4.69) is 10.6 Å². The molecule has 0 radical (unpaired) electrons. The molecule has 23 heavy (non-hydrogen) atoms. The van der Waals surface area contributed by atoms with Crippen molar-refractivity contribution >= 4 is 46.7 Å². The van der Waals surface area contributed by atoms with Crippen molar-refractivity contribution in [2.24, 2.45) is 5.92 Å². The molecule has 4 amide bonds. The van der Waals surface area contributed by atoms with Crippen LogP contribution < -0.4 is 10.6 Å². The zero-order chi connectivity index (χ0) is 17.1. The third kappa shape index (κ3) is 4.36. The molecule has 6 nitrogen and oxygen atoms in total. The van der Waals surface area contributed by atoms with Crippen LogP contribution in [0.25, 0.3) is 0 Å². The molecule has 2 rings (SSSR count). The topological polar surface area (TPSA) is 78.5 Å². The van der Waals surface area contributed by atoms with Gasteiger partial charge >= 0.3 is 6.03 Å². The van der Waals surface area contributed by atoms with Crippen LogP contribution in [-0.4, -0.2) is 35.3 Å². The van der Waals surface area contributed by atoms with Gasteiger partial charge in [0.25, 0.3) is 5.91 Å². The summed E-state index contributed by atoms with van der Waals surface area (Å²) < 4.78 is 0. The molecule has 2 N–H and O–H groups in total. The molecule has 1 saturated heterocycles. The van der Waals surface area contributed by atoms with Gasteiger partial charge in [0.05, 0.1) is 10.0 Å². The maximum absolute atomic E-state index is 12.2. The third-order valence-corrected chi connectivity index (χ3v) is 4.06. The normalized spacial score (nSPS) is 17.6. The lowest BCUT2D eigenvalue weighted by Gasteiger charge is -2.14.